The van der Waals surface area contributed by atoms with Crippen LogP contribution in [0.4, 0.5) is 8.78 Å². The average molecular weight is 624 g/mol. The second-order valence-electron chi connectivity index (χ2n) is 11.6. The first-order valence-electron chi connectivity index (χ1n) is 15.6. The number of halogens is 2. The van der Waals surface area contributed by atoms with Crippen LogP contribution in [0.25, 0.3) is 78.3 Å². The zero-order valence-corrected chi connectivity index (χ0v) is 25.7. The van der Waals surface area contributed by atoms with Gasteiger partial charge in [-0.25, -0.2) is 23.7 Å². The number of fused-ring (bicyclic) bond motifs is 1. The molecule has 228 valence electrons. The Bertz CT molecular complexity index is 2310. The van der Waals surface area contributed by atoms with Gasteiger partial charge < -0.3 is 0 Å². The summed E-state index contributed by atoms with van der Waals surface area (Å²) in [5.74, 6) is 0.600. The molecule has 0 aliphatic heterocycles. The van der Waals surface area contributed by atoms with Gasteiger partial charge in [0.05, 0.1) is 0 Å². The molecule has 0 amide bonds. The zero-order valence-electron chi connectivity index (χ0n) is 25.7. The zero-order chi connectivity index (χ0) is 32.5. The van der Waals surface area contributed by atoms with Crippen LogP contribution >= 0.6 is 0 Å². The van der Waals surface area contributed by atoms with Crippen molar-refractivity contribution in [3.63, 3.8) is 0 Å². The largest absolute Gasteiger partial charge is 0.208 e. The molecule has 0 fully saturated rings. The van der Waals surface area contributed by atoms with Crippen molar-refractivity contribution in [2.24, 2.45) is 0 Å². The van der Waals surface area contributed by atoms with Gasteiger partial charge in [0, 0.05) is 16.7 Å². The average Bonchev–Trinajstić information content (AvgIpc) is 3.15. The molecule has 0 aliphatic carbocycles. The summed E-state index contributed by atoms with van der Waals surface area (Å²) in [4.78, 5) is 14.1. The molecule has 8 aromatic rings. The number of nitrogens with zero attached hydrogens (tertiary/aromatic N) is 3. The molecule has 0 unspecified atom stereocenters. The highest BCUT2D eigenvalue weighted by molar-refractivity contribution is 5.91. The number of hydrogen-bond acceptors (Lipinski definition) is 3. The van der Waals surface area contributed by atoms with Crippen molar-refractivity contribution in [2.45, 2.75) is 0 Å². The summed E-state index contributed by atoms with van der Waals surface area (Å²) in [6, 6.07) is 52.3. The molecule has 48 heavy (non-hydrogen) atoms. The monoisotopic (exact) mass is 623 g/mol. The van der Waals surface area contributed by atoms with Crippen LogP contribution in [-0.2, 0) is 0 Å². The van der Waals surface area contributed by atoms with Crippen molar-refractivity contribution in [1.82, 2.24) is 15.0 Å². The highest BCUT2D eigenvalue weighted by atomic mass is 19.1. The minimum Gasteiger partial charge on any atom is -0.208 e. The van der Waals surface area contributed by atoms with Gasteiger partial charge in [0.25, 0.3) is 0 Å². The Morgan fingerprint density at radius 3 is 0.958 bits per heavy atom. The van der Waals surface area contributed by atoms with E-state index in [0.29, 0.717) is 28.6 Å². The van der Waals surface area contributed by atoms with E-state index in [1.54, 1.807) is 24.3 Å². The van der Waals surface area contributed by atoms with Crippen LogP contribution in [0, 0.1) is 11.6 Å². The second kappa shape index (κ2) is 12.5. The lowest BCUT2D eigenvalue weighted by Gasteiger charge is -2.10. The van der Waals surface area contributed by atoms with Gasteiger partial charge in [-0.15, -0.1) is 0 Å². The fourth-order valence-corrected chi connectivity index (χ4v) is 5.86. The van der Waals surface area contributed by atoms with Crippen LogP contribution in [0.3, 0.4) is 0 Å². The molecule has 0 saturated heterocycles. The van der Waals surface area contributed by atoms with E-state index in [4.69, 9.17) is 9.97 Å². The molecular weight excluding hydrogens is 596 g/mol. The molecule has 7 aromatic carbocycles. The predicted molar refractivity (Wildman–Crippen MR) is 190 cm³/mol. The van der Waals surface area contributed by atoms with E-state index < -0.39 is 0 Å². The van der Waals surface area contributed by atoms with E-state index in [0.717, 1.165) is 22.1 Å². The van der Waals surface area contributed by atoms with Crippen molar-refractivity contribution < 1.29 is 8.78 Å². The smallest absolute Gasteiger partial charge is 0.164 e. The predicted octanol–water partition coefficient (Wildman–Crippen LogP) is 11.3. The third kappa shape index (κ3) is 5.97. The van der Waals surface area contributed by atoms with Gasteiger partial charge >= 0.3 is 0 Å². The Morgan fingerprint density at radius 1 is 0.271 bits per heavy atom. The highest BCUT2D eigenvalue weighted by Gasteiger charge is 2.13. The van der Waals surface area contributed by atoms with Crippen molar-refractivity contribution in [2.75, 3.05) is 0 Å². The van der Waals surface area contributed by atoms with E-state index in [9.17, 15) is 8.78 Å². The Balaban J connectivity index is 1.08. The summed E-state index contributed by atoms with van der Waals surface area (Å²) in [6.07, 6.45) is 0. The molecule has 1 aromatic heterocycles. The van der Waals surface area contributed by atoms with Crippen LogP contribution in [0.2, 0.25) is 0 Å². The molecule has 3 nitrogen and oxygen atoms in total. The molecular formula is C43H27F2N3. The Hall–Kier alpha value is -6.33. The molecule has 5 heteroatoms. The van der Waals surface area contributed by atoms with Crippen LogP contribution in [0.15, 0.2) is 164 Å². The molecule has 0 radical (unpaired) electrons. The molecule has 0 bridgehead atoms. The third-order valence-electron chi connectivity index (χ3n) is 8.48. The quantitative estimate of drug-likeness (QED) is 0.185. The molecule has 0 spiro atoms. The van der Waals surface area contributed by atoms with Crippen molar-refractivity contribution in [3.05, 3.63) is 175 Å². The van der Waals surface area contributed by atoms with Gasteiger partial charge in [-0.1, -0.05) is 103 Å². The van der Waals surface area contributed by atoms with Gasteiger partial charge in [0.2, 0.25) is 0 Å². The van der Waals surface area contributed by atoms with Gasteiger partial charge in [0.15, 0.2) is 17.5 Å². The summed E-state index contributed by atoms with van der Waals surface area (Å²) in [5.41, 5.74) is 9.05. The molecule has 0 N–H and O–H groups in total. The number of hydrogen-bond donors (Lipinski definition) is 0. The third-order valence-corrected chi connectivity index (χ3v) is 8.48. The first kappa shape index (κ1) is 29.1. The Labute approximate surface area is 276 Å². The minimum absolute atomic E-state index is 0.342. The molecule has 0 aliphatic rings. The summed E-state index contributed by atoms with van der Waals surface area (Å²) >= 11 is 0. The van der Waals surface area contributed by atoms with Crippen molar-refractivity contribution >= 4 is 10.8 Å². The Morgan fingerprint density at radius 2 is 0.562 bits per heavy atom. The van der Waals surface area contributed by atoms with Gasteiger partial charge in [0.1, 0.15) is 11.6 Å². The van der Waals surface area contributed by atoms with Crippen LogP contribution in [0.5, 0.6) is 0 Å². The number of aromatic nitrogens is 3. The molecule has 0 saturated carbocycles. The summed E-state index contributed by atoms with van der Waals surface area (Å²) in [7, 11) is 0. The van der Waals surface area contributed by atoms with Gasteiger partial charge in [-0.3, -0.25) is 0 Å². The maximum atomic E-state index is 13.7. The van der Waals surface area contributed by atoms with Gasteiger partial charge in [-0.2, -0.15) is 0 Å². The lowest BCUT2D eigenvalue weighted by molar-refractivity contribution is 0.627. The number of benzene rings is 7. The first-order valence-corrected chi connectivity index (χ1v) is 15.6. The SMILES string of the molecule is Fc1ccc(-c2nc(-c3ccc(F)cc3)nc(-c3ccc(-c4ccc5cc(-c6ccc(-c7ccccc7)cc6)ccc5c4)cc3)n2)cc1. The maximum Gasteiger partial charge on any atom is 0.164 e. The van der Waals surface area contributed by atoms with E-state index in [1.807, 2.05) is 18.2 Å². The maximum absolute atomic E-state index is 13.7. The van der Waals surface area contributed by atoms with E-state index in [2.05, 4.69) is 102 Å². The molecule has 1 heterocycles. The fraction of sp³-hybridized carbons (Fsp3) is 0. The van der Waals surface area contributed by atoms with E-state index in [-0.39, 0.29) is 11.6 Å². The summed E-state index contributed by atoms with van der Waals surface area (Å²) in [5, 5.41) is 2.33. The van der Waals surface area contributed by atoms with Gasteiger partial charge in [-0.05, 0) is 105 Å². The van der Waals surface area contributed by atoms with Crippen LogP contribution in [0.1, 0.15) is 0 Å². The van der Waals surface area contributed by atoms with Crippen molar-refractivity contribution in [3.8, 4) is 67.5 Å². The van der Waals surface area contributed by atoms with E-state index in [1.165, 1.54) is 51.9 Å². The van der Waals surface area contributed by atoms with E-state index >= 15 is 0 Å². The van der Waals surface area contributed by atoms with Crippen LogP contribution < -0.4 is 0 Å². The lowest BCUT2D eigenvalue weighted by atomic mass is 9.96. The topological polar surface area (TPSA) is 38.7 Å². The molecule has 8 rings (SSSR count). The minimum atomic E-state index is -0.342. The molecule has 0 atom stereocenters. The Kier molecular flexibility index (Phi) is 7.55. The lowest BCUT2D eigenvalue weighted by Crippen LogP contribution is -2.00. The second-order valence-corrected chi connectivity index (χ2v) is 11.6. The standard InChI is InChI=1S/C43H27F2N3/c44-39-22-18-33(19-23-39)42-46-41(47-43(48-42)34-20-24-40(45)25-21-34)32-12-10-31(11-13-32)36-15-17-37-26-35(14-16-38(37)27-36)30-8-6-29(7-9-30)28-4-2-1-3-5-28/h1-27H. The summed E-state index contributed by atoms with van der Waals surface area (Å²) < 4.78 is 27.3. The first-order chi connectivity index (χ1) is 23.6. The number of rotatable bonds is 6. The fourth-order valence-electron chi connectivity index (χ4n) is 5.86. The van der Waals surface area contributed by atoms with Crippen LogP contribution in [-0.4, -0.2) is 15.0 Å². The van der Waals surface area contributed by atoms with Crippen molar-refractivity contribution in [1.29, 1.82) is 0 Å². The normalized spacial score (nSPS) is 11.1. The highest BCUT2D eigenvalue weighted by Crippen LogP contribution is 2.32. The summed E-state index contributed by atoms with van der Waals surface area (Å²) in [6.45, 7) is 0.